The lowest BCUT2D eigenvalue weighted by Gasteiger charge is -2.13. The first-order chi connectivity index (χ1) is 10.1. The van der Waals surface area contributed by atoms with Gasteiger partial charge in [0.15, 0.2) is 10.4 Å². The topological polar surface area (TPSA) is 95.2 Å². The smallest absolute Gasteiger partial charge is 0.341 e. The molecule has 1 aromatic heterocycles. The van der Waals surface area contributed by atoms with E-state index < -0.39 is 10.1 Å². The molecule has 0 saturated carbocycles. The fourth-order valence-electron chi connectivity index (χ4n) is 2.15. The molecule has 22 heavy (non-hydrogen) atoms. The Kier molecular flexibility index (Phi) is 4.78. The van der Waals surface area contributed by atoms with E-state index in [1.54, 1.807) is 26.0 Å². The molecule has 0 aliphatic heterocycles. The van der Waals surface area contributed by atoms with Crippen molar-refractivity contribution >= 4 is 47.8 Å². The minimum atomic E-state index is -4.05. The first-order valence-corrected chi connectivity index (χ1v) is 9.12. The van der Waals surface area contributed by atoms with Gasteiger partial charge < -0.3 is 9.92 Å². The molecule has 1 aromatic carbocycles. The van der Waals surface area contributed by atoms with Crippen LogP contribution in [0.2, 0.25) is 0 Å². The van der Waals surface area contributed by atoms with Crippen molar-refractivity contribution in [1.29, 1.82) is 0 Å². The van der Waals surface area contributed by atoms with Crippen LogP contribution in [-0.4, -0.2) is 18.4 Å². The Balaban J connectivity index is 2.52. The number of anilines is 1. The van der Waals surface area contributed by atoms with E-state index in [9.17, 15) is 8.42 Å². The van der Waals surface area contributed by atoms with Crippen LogP contribution in [0, 0.1) is 20.8 Å². The fourth-order valence-corrected chi connectivity index (χ4v) is 4.42. The number of hydrogen-bond donors (Lipinski definition) is 1. The number of aryl methyl sites for hydroxylation is 3. The van der Waals surface area contributed by atoms with Crippen molar-refractivity contribution in [3.05, 3.63) is 38.0 Å². The maximum Gasteiger partial charge on any atom is 0.341 e. The molecule has 2 aromatic rings. The second-order valence-corrected chi connectivity index (χ2v) is 7.75. The van der Waals surface area contributed by atoms with Crippen molar-refractivity contribution in [2.75, 3.05) is 5.73 Å². The zero-order chi connectivity index (χ0) is 16.7. The highest BCUT2D eigenvalue weighted by atomic mass is 79.9. The van der Waals surface area contributed by atoms with Gasteiger partial charge in [0.05, 0.1) is 0 Å². The molecule has 1 heterocycles. The van der Waals surface area contributed by atoms with Gasteiger partial charge in [-0.2, -0.15) is 13.4 Å². The quantitative estimate of drug-likeness (QED) is 0.721. The van der Waals surface area contributed by atoms with Crippen LogP contribution < -0.4 is 9.92 Å². The molecule has 2 rings (SSSR count). The number of halogens is 2. The Bertz CT molecular complexity index is 831. The van der Waals surface area contributed by atoms with E-state index in [1.165, 1.54) is 0 Å². The molecule has 0 spiro atoms. The van der Waals surface area contributed by atoms with Crippen LogP contribution >= 0.6 is 31.9 Å². The molecule has 9 heteroatoms. The maximum atomic E-state index is 12.5. The second kappa shape index (κ2) is 6.13. The largest absolute Gasteiger partial charge is 0.381 e. The van der Waals surface area contributed by atoms with Crippen molar-refractivity contribution in [1.82, 2.24) is 9.97 Å². The molecule has 0 aliphatic carbocycles. The molecular weight excluding hydrogens is 438 g/mol. The average Bonchev–Trinajstić information content (AvgIpc) is 2.33. The predicted molar refractivity (Wildman–Crippen MR) is 90.3 cm³/mol. The third-order valence-electron chi connectivity index (χ3n) is 2.85. The van der Waals surface area contributed by atoms with Crippen LogP contribution in [0.15, 0.2) is 26.2 Å². The van der Waals surface area contributed by atoms with E-state index in [4.69, 9.17) is 9.92 Å². The van der Waals surface area contributed by atoms with Gasteiger partial charge >= 0.3 is 10.1 Å². The number of nitrogens with two attached hydrogens (primary N) is 1. The number of hydrogen-bond acceptors (Lipinski definition) is 6. The second-order valence-electron chi connectivity index (χ2n) is 4.76. The Labute approximate surface area is 145 Å². The summed E-state index contributed by atoms with van der Waals surface area (Å²) in [6, 6.07) is 3.56. The minimum absolute atomic E-state index is 0.0331. The summed E-state index contributed by atoms with van der Waals surface area (Å²) in [6.45, 7) is 5.33. The van der Waals surface area contributed by atoms with Gasteiger partial charge in [-0.1, -0.05) is 17.7 Å². The van der Waals surface area contributed by atoms with Gasteiger partial charge in [-0.15, -0.1) is 0 Å². The third kappa shape index (κ3) is 3.41. The highest BCUT2D eigenvalue weighted by Gasteiger charge is 2.25. The molecule has 0 amide bonds. The highest BCUT2D eigenvalue weighted by molar-refractivity contribution is 9.11. The predicted octanol–water partition coefficient (Wildman–Crippen LogP) is 3.28. The lowest BCUT2D eigenvalue weighted by molar-refractivity contribution is 0.471. The third-order valence-corrected chi connectivity index (χ3v) is 5.47. The lowest BCUT2D eigenvalue weighted by atomic mass is 10.1. The molecular formula is C13H13Br2N3O3S. The van der Waals surface area contributed by atoms with Crippen LogP contribution in [0.3, 0.4) is 0 Å². The summed E-state index contributed by atoms with van der Waals surface area (Å²) in [5, 5.41) is 0. The van der Waals surface area contributed by atoms with Gasteiger partial charge in [-0.25, -0.2) is 4.98 Å². The van der Waals surface area contributed by atoms with Crippen molar-refractivity contribution in [3.8, 4) is 5.88 Å². The number of nitrogens with zero attached hydrogens (tertiary/aromatic N) is 2. The fraction of sp³-hybridized carbons (Fsp3) is 0.231. The Morgan fingerprint density at radius 2 is 1.59 bits per heavy atom. The highest BCUT2D eigenvalue weighted by Crippen LogP contribution is 2.30. The number of aromatic nitrogens is 2. The maximum absolute atomic E-state index is 12.5. The standard InChI is InChI=1S/C13H13Br2N3O3S/c1-6-4-7(2)9(8(3)5-6)22(19,20)21-13-11(15)17-10(14)12(16)18-13/h4-5H,1-3H3,(H2,16,18). The van der Waals surface area contributed by atoms with Crippen LogP contribution in [-0.2, 0) is 10.1 Å². The zero-order valence-corrected chi connectivity index (χ0v) is 16.0. The van der Waals surface area contributed by atoms with E-state index in [-0.39, 0.29) is 21.2 Å². The molecule has 6 nitrogen and oxygen atoms in total. The van der Waals surface area contributed by atoms with Crippen molar-refractivity contribution < 1.29 is 12.6 Å². The summed E-state index contributed by atoms with van der Waals surface area (Å²) in [7, 11) is -4.05. The Hall–Kier alpha value is -1.19. The number of rotatable bonds is 3. The van der Waals surface area contributed by atoms with E-state index in [1.807, 2.05) is 6.92 Å². The summed E-state index contributed by atoms with van der Waals surface area (Å²) in [5.74, 6) is -0.175. The molecule has 0 saturated heterocycles. The first-order valence-electron chi connectivity index (χ1n) is 6.12. The molecule has 0 bridgehead atoms. The normalized spacial score (nSPS) is 11.5. The van der Waals surface area contributed by atoms with Crippen LogP contribution in [0.4, 0.5) is 5.82 Å². The van der Waals surface area contributed by atoms with Gasteiger partial charge in [0, 0.05) is 0 Å². The molecule has 0 radical (unpaired) electrons. The summed E-state index contributed by atoms with van der Waals surface area (Å²) < 4.78 is 30.6. The monoisotopic (exact) mass is 449 g/mol. The summed E-state index contributed by atoms with van der Waals surface area (Å²) in [6.07, 6.45) is 0. The Morgan fingerprint density at radius 3 is 2.14 bits per heavy atom. The van der Waals surface area contributed by atoms with Crippen molar-refractivity contribution in [3.63, 3.8) is 0 Å². The van der Waals surface area contributed by atoms with E-state index in [0.717, 1.165) is 5.56 Å². The molecule has 0 fully saturated rings. The van der Waals surface area contributed by atoms with E-state index in [0.29, 0.717) is 15.7 Å². The van der Waals surface area contributed by atoms with E-state index in [2.05, 4.69) is 41.8 Å². The lowest BCUT2D eigenvalue weighted by Crippen LogP contribution is -2.15. The first kappa shape index (κ1) is 17.2. The van der Waals surface area contributed by atoms with Gasteiger partial charge in [0.2, 0.25) is 0 Å². The van der Waals surface area contributed by atoms with Crippen molar-refractivity contribution in [2.45, 2.75) is 25.7 Å². The van der Waals surface area contributed by atoms with E-state index >= 15 is 0 Å². The SMILES string of the molecule is Cc1cc(C)c(S(=O)(=O)Oc2nc(N)c(Br)nc2Br)c(C)c1. The zero-order valence-electron chi connectivity index (χ0n) is 12.0. The van der Waals surface area contributed by atoms with Crippen LogP contribution in [0.25, 0.3) is 0 Å². The van der Waals surface area contributed by atoms with Crippen LogP contribution in [0.5, 0.6) is 5.88 Å². The van der Waals surface area contributed by atoms with Gasteiger partial charge in [0.1, 0.15) is 9.50 Å². The van der Waals surface area contributed by atoms with Crippen molar-refractivity contribution in [2.24, 2.45) is 0 Å². The Morgan fingerprint density at radius 1 is 1.05 bits per heavy atom. The molecule has 0 atom stereocenters. The molecule has 2 N–H and O–H groups in total. The summed E-state index contributed by atoms with van der Waals surface area (Å²) >= 11 is 6.21. The molecule has 0 aliphatic rings. The number of nitrogen functional groups attached to an aromatic ring is 1. The average molecular weight is 451 g/mol. The summed E-state index contributed by atoms with van der Waals surface area (Å²) in [4.78, 5) is 7.97. The summed E-state index contributed by atoms with van der Waals surface area (Å²) in [5.41, 5.74) is 7.79. The molecule has 118 valence electrons. The minimum Gasteiger partial charge on any atom is -0.381 e. The van der Waals surface area contributed by atoms with Gasteiger partial charge in [0.25, 0.3) is 5.88 Å². The number of benzene rings is 1. The van der Waals surface area contributed by atoms with Gasteiger partial charge in [-0.3, -0.25) is 0 Å². The van der Waals surface area contributed by atoms with Gasteiger partial charge in [-0.05, 0) is 63.8 Å². The van der Waals surface area contributed by atoms with Crippen LogP contribution in [0.1, 0.15) is 16.7 Å². The molecule has 0 unspecified atom stereocenters.